The van der Waals surface area contributed by atoms with Crippen molar-refractivity contribution in [3.63, 3.8) is 0 Å². The zero-order valence-electron chi connectivity index (χ0n) is 18.7. The predicted octanol–water partition coefficient (Wildman–Crippen LogP) is -0.492. The summed E-state index contributed by atoms with van der Waals surface area (Å²) in [5.41, 5.74) is 2.29. The van der Waals surface area contributed by atoms with Gasteiger partial charge in [0, 0.05) is 20.8 Å². The molecular weight excluding hydrogens is 417 g/mol. The van der Waals surface area contributed by atoms with Gasteiger partial charge >= 0.3 is 34.6 Å². The van der Waals surface area contributed by atoms with E-state index in [1.165, 1.54) is 18.2 Å². The summed E-state index contributed by atoms with van der Waals surface area (Å²) in [6.45, 7) is 5.38. The van der Waals surface area contributed by atoms with Crippen LogP contribution >= 0.6 is 0 Å². The number of hydrogen-bond acceptors (Lipinski definition) is 3. The molecule has 0 bridgehead atoms. The monoisotopic (exact) mass is 450 g/mol. The minimum atomic E-state index is 0. The molecule has 0 atom stereocenters. The molecule has 3 heterocycles. The molecule has 0 aromatic carbocycles. The topological polar surface area (TPSA) is 141 Å². The van der Waals surface area contributed by atoms with Crippen LogP contribution in [0.1, 0.15) is 17.1 Å². The van der Waals surface area contributed by atoms with Crippen LogP contribution in [0.25, 0.3) is 0 Å². The minimum absolute atomic E-state index is 0. The van der Waals surface area contributed by atoms with Gasteiger partial charge in [0.25, 0.3) is 17.1 Å². The van der Waals surface area contributed by atoms with E-state index in [1.54, 1.807) is 53.1 Å². The molecule has 0 saturated heterocycles. The van der Waals surface area contributed by atoms with Crippen LogP contribution in [0.15, 0.2) is 36.8 Å². The van der Waals surface area contributed by atoms with Crippen molar-refractivity contribution < 1.29 is 44.3 Å². The summed E-state index contributed by atoms with van der Waals surface area (Å²) in [5, 5.41) is 49.0. The van der Waals surface area contributed by atoms with Gasteiger partial charge in [0.2, 0.25) is 17.2 Å². The SMILES string of the molecule is Cc1c([OH2+])c(O)cc[n+]1C.Cc1c([OH2+])c(O)cc[n+]1C.Cc1c([OH2+])c(O)cc[n+]1C.[Al+3]. The molecule has 0 amide bonds. The minimum Gasteiger partial charge on any atom is -0.586 e. The molecule has 3 aromatic heterocycles. The second-order valence-electron chi connectivity index (χ2n) is 6.82. The van der Waals surface area contributed by atoms with Gasteiger partial charge in [0.05, 0.1) is 18.2 Å². The number of nitrogens with zero attached hydrogens (tertiary/aromatic N) is 3. The molecule has 0 fully saturated rings. The number of rotatable bonds is 0. The van der Waals surface area contributed by atoms with Crippen LogP contribution in [0.5, 0.6) is 34.5 Å². The summed E-state index contributed by atoms with van der Waals surface area (Å²) < 4.78 is 5.38. The Bertz CT molecular complexity index is 831. The second kappa shape index (κ2) is 11.8. The standard InChI is InChI=1S/3C7H9NO2.Al/c3*1-5-7(10)6(9)3-4-8(5)2;/h3*3-4,10H,1-2H3;/q;;;+3/p+6. The van der Waals surface area contributed by atoms with Crippen molar-refractivity contribution in [2.75, 3.05) is 0 Å². The average Bonchev–Trinajstić information content (AvgIpc) is 2.73. The van der Waals surface area contributed by atoms with Gasteiger partial charge < -0.3 is 30.6 Å². The third-order valence-electron chi connectivity index (χ3n) is 4.81. The first-order chi connectivity index (χ1) is 13.9. The van der Waals surface area contributed by atoms with Crippen molar-refractivity contribution >= 4 is 17.4 Å². The quantitative estimate of drug-likeness (QED) is 0.242. The van der Waals surface area contributed by atoms with Crippen LogP contribution < -0.4 is 13.7 Å². The molecule has 0 aliphatic rings. The number of hydrogen-bond donors (Lipinski definition) is 3. The van der Waals surface area contributed by atoms with Gasteiger partial charge in [0.15, 0.2) is 18.6 Å². The van der Waals surface area contributed by atoms with E-state index >= 15 is 0 Å². The van der Waals surface area contributed by atoms with Crippen LogP contribution in [0.4, 0.5) is 0 Å². The van der Waals surface area contributed by atoms with E-state index in [9.17, 15) is 0 Å². The Labute approximate surface area is 192 Å². The zero-order valence-corrected chi connectivity index (χ0v) is 19.9. The summed E-state index contributed by atoms with van der Waals surface area (Å²) in [6, 6.07) is 4.53. The van der Waals surface area contributed by atoms with Gasteiger partial charge in [-0.3, -0.25) is 0 Å². The van der Waals surface area contributed by atoms with E-state index in [4.69, 9.17) is 30.6 Å². The average molecular weight is 450 g/mol. The van der Waals surface area contributed by atoms with Crippen molar-refractivity contribution in [1.82, 2.24) is 0 Å². The molecule has 0 aliphatic heterocycles. The third-order valence-corrected chi connectivity index (χ3v) is 4.81. The Morgan fingerprint density at radius 3 is 0.903 bits per heavy atom. The molecule has 9 nitrogen and oxygen atoms in total. The Morgan fingerprint density at radius 1 is 0.548 bits per heavy atom. The Hall–Kier alpha value is -3.22. The maximum Gasteiger partial charge on any atom is 3.00 e. The third kappa shape index (κ3) is 7.20. The Balaban J connectivity index is 0.000000429. The van der Waals surface area contributed by atoms with Gasteiger partial charge in [-0.15, -0.1) is 0 Å². The molecule has 0 spiro atoms. The summed E-state index contributed by atoms with van der Waals surface area (Å²) >= 11 is 0. The van der Waals surface area contributed by atoms with E-state index < -0.39 is 0 Å². The molecule has 0 unspecified atom stereocenters. The number of aromatic nitrogens is 3. The largest absolute Gasteiger partial charge is 3.00 e. The van der Waals surface area contributed by atoms with Gasteiger partial charge in [-0.05, 0) is 0 Å². The fourth-order valence-corrected chi connectivity index (χ4v) is 2.22. The summed E-state index contributed by atoms with van der Waals surface area (Å²) in [7, 11) is 5.52. The molecular formula is C21H33AlN3O6+9. The Kier molecular flexibility index (Phi) is 10.6. The van der Waals surface area contributed by atoms with Crippen LogP contribution in [0.2, 0.25) is 0 Å². The van der Waals surface area contributed by atoms with Crippen molar-refractivity contribution in [3.05, 3.63) is 53.9 Å². The predicted molar refractivity (Wildman–Crippen MR) is 117 cm³/mol. The maximum atomic E-state index is 9.02. The second-order valence-corrected chi connectivity index (χ2v) is 6.82. The fourth-order valence-electron chi connectivity index (χ4n) is 2.22. The number of aromatic hydroxyl groups is 3. The first-order valence-corrected chi connectivity index (χ1v) is 9.07. The number of pyridine rings is 3. The van der Waals surface area contributed by atoms with Gasteiger partial charge in [0.1, 0.15) is 21.1 Å². The van der Waals surface area contributed by atoms with E-state index in [1.807, 2.05) is 21.1 Å². The van der Waals surface area contributed by atoms with Gasteiger partial charge in [-0.1, -0.05) is 0 Å². The zero-order chi connectivity index (χ0) is 23.2. The molecule has 3 rings (SSSR count). The van der Waals surface area contributed by atoms with E-state index in [-0.39, 0.29) is 51.9 Å². The number of aryl methyl sites for hydroxylation is 3. The van der Waals surface area contributed by atoms with Crippen LogP contribution in [0, 0.1) is 20.8 Å². The normalized spacial score (nSPS) is 9.48. The van der Waals surface area contributed by atoms with Gasteiger partial charge in [-0.25, -0.2) is 0 Å². The molecule has 10 heteroatoms. The van der Waals surface area contributed by atoms with E-state index in [0.29, 0.717) is 0 Å². The molecule has 31 heavy (non-hydrogen) atoms. The first kappa shape index (κ1) is 27.8. The molecule has 162 valence electrons. The fraction of sp³-hybridized carbons (Fsp3) is 0.286. The summed E-state index contributed by atoms with van der Waals surface area (Å²) in [6.07, 6.45) is 5.17. The van der Waals surface area contributed by atoms with Crippen molar-refractivity contribution in [1.29, 1.82) is 0 Å². The Morgan fingerprint density at radius 2 is 0.742 bits per heavy atom. The molecule has 3 aromatic rings. The van der Waals surface area contributed by atoms with Crippen LogP contribution in [-0.2, 0) is 21.1 Å². The molecule has 0 saturated carbocycles. The van der Waals surface area contributed by atoms with Crippen molar-refractivity contribution in [2.24, 2.45) is 21.1 Å². The van der Waals surface area contributed by atoms with Crippen molar-refractivity contribution in [2.45, 2.75) is 20.8 Å². The van der Waals surface area contributed by atoms with Crippen molar-refractivity contribution in [3.8, 4) is 34.5 Å². The summed E-state index contributed by atoms with van der Waals surface area (Å²) in [5.74, 6) is 0.710. The van der Waals surface area contributed by atoms with Gasteiger partial charge in [-0.2, -0.15) is 13.7 Å². The molecule has 9 N–H and O–H groups in total. The maximum absolute atomic E-state index is 9.02. The molecule has 0 aliphatic carbocycles. The summed E-state index contributed by atoms with van der Waals surface area (Å²) in [4.78, 5) is 0. The molecule has 0 radical (unpaired) electrons. The van der Waals surface area contributed by atoms with E-state index in [0.717, 1.165) is 17.1 Å². The van der Waals surface area contributed by atoms with Crippen LogP contribution in [0.3, 0.4) is 0 Å². The first-order valence-electron chi connectivity index (χ1n) is 9.07. The van der Waals surface area contributed by atoms with Crippen LogP contribution in [-0.4, -0.2) is 48.0 Å². The van der Waals surface area contributed by atoms with E-state index in [2.05, 4.69) is 0 Å². The smallest absolute Gasteiger partial charge is 0.586 e.